The fraction of sp³-hybridized carbons (Fsp3) is 0.571. The van der Waals surface area contributed by atoms with Crippen LogP contribution < -0.4 is 19.5 Å². The first kappa shape index (κ1) is 14.9. The SMILES string of the molecule is COc1cc(OC)c(OC)c(CN2CCNCC2)c1F. The van der Waals surface area contributed by atoms with E-state index in [9.17, 15) is 4.39 Å². The van der Waals surface area contributed by atoms with Crippen molar-refractivity contribution in [3.8, 4) is 17.2 Å². The first-order valence-electron chi connectivity index (χ1n) is 6.61. The van der Waals surface area contributed by atoms with Gasteiger partial charge in [-0.15, -0.1) is 0 Å². The molecule has 5 nitrogen and oxygen atoms in total. The van der Waals surface area contributed by atoms with Gasteiger partial charge in [0.15, 0.2) is 23.1 Å². The average Bonchev–Trinajstić information content (AvgIpc) is 2.50. The van der Waals surface area contributed by atoms with E-state index in [-0.39, 0.29) is 11.6 Å². The molecule has 112 valence electrons. The van der Waals surface area contributed by atoms with Gasteiger partial charge >= 0.3 is 0 Å². The smallest absolute Gasteiger partial charge is 0.173 e. The minimum atomic E-state index is -0.385. The largest absolute Gasteiger partial charge is 0.494 e. The van der Waals surface area contributed by atoms with Gasteiger partial charge in [-0.3, -0.25) is 4.90 Å². The van der Waals surface area contributed by atoms with Crippen LogP contribution in [0.1, 0.15) is 5.56 Å². The topological polar surface area (TPSA) is 43.0 Å². The number of hydrogen-bond acceptors (Lipinski definition) is 5. The molecular formula is C14H21FN2O3. The predicted molar refractivity (Wildman–Crippen MR) is 74.2 cm³/mol. The number of rotatable bonds is 5. The van der Waals surface area contributed by atoms with Crippen molar-refractivity contribution in [2.24, 2.45) is 0 Å². The van der Waals surface area contributed by atoms with Crippen LogP contribution >= 0.6 is 0 Å². The van der Waals surface area contributed by atoms with Crippen molar-refractivity contribution in [3.63, 3.8) is 0 Å². The molecule has 0 atom stereocenters. The molecule has 0 aromatic heterocycles. The summed E-state index contributed by atoms with van der Waals surface area (Å²) in [7, 11) is 4.49. The van der Waals surface area contributed by atoms with E-state index < -0.39 is 0 Å². The number of benzene rings is 1. The van der Waals surface area contributed by atoms with Gasteiger partial charge in [0.05, 0.1) is 26.9 Å². The Bertz CT molecular complexity index is 462. The van der Waals surface area contributed by atoms with Crippen LogP contribution in [0.3, 0.4) is 0 Å². The molecule has 0 amide bonds. The normalized spacial score (nSPS) is 16.0. The lowest BCUT2D eigenvalue weighted by molar-refractivity contribution is 0.224. The summed E-state index contributed by atoms with van der Waals surface area (Å²) in [6, 6.07) is 1.51. The Labute approximate surface area is 118 Å². The first-order valence-corrected chi connectivity index (χ1v) is 6.61. The molecule has 0 unspecified atom stereocenters. The monoisotopic (exact) mass is 284 g/mol. The Morgan fingerprint density at radius 3 is 2.30 bits per heavy atom. The minimum absolute atomic E-state index is 0.174. The summed E-state index contributed by atoms with van der Waals surface area (Å²) in [4.78, 5) is 2.18. The fourth-order valence-corrected chi connectivity index (χ4v) is 2.40. The average molecular weight is 284 g/mol. The van der Waals surface area contributed by atoms with Crippen LogP contribution in [-0.4, -0.2) is 52.4 Å². The van der Waals surface area contributed by atoms with E-state index in [2.05, 4.69) is 10.2 Å². The molecule has 1 aromatic carbocycles. The zero-order valence-corrected chi connectivity index (χ0v) is 12.2. The van der Waals surface area contributed by atoms with Crippen LogP contribution in [0, 0.1) is 5.82 Å². The van der Waals surface area contributed by atoms with Gasteiger partial charge in [0, 0.05) is 38.8 Å². The zero-order valence-electron chi connectivity index (χ0n) is 12.2. The highest BCUT2D eigenvalue weighted by Crippen LogP contribution is 2.39. The summed E-state index contributed by atoms with van der Waals surface area (Å²) in [5.41, 5.74) is 0.477. The van der Waals surface area contributed by atoms with E-state index in [4.69, 9.17) is 14.2 Å². The highest BCUT2D eigenvalue weighted by molar-refractivity contribution is 5.53. The van der Waals surface area contributed by atoms with Gasteiger partial charge in [0.2, 0.25) is 0 Å². The van der Waals surface area contributed by atoms with Crippen molar-refractivity contribution in [1.29, 1.82) is 0 Å². The molecule has 1 fully saturated rings. The molecule has 0 radical (unpaired) electrons. The van der Waals surface area contributed by atoms with Crippen LogP contribution in [-0.2, 0) is 6.54 Å². The second-order valence-electron chi connectivity index (χ2n) is 4.63. The second kappa shape index (κ2) is 6.76. The summed E-state index contributed by atoms with van der Waals surface area (Å²) in [5.74, 6) is 0.705. The number of halogens is 1. The van der Waals surface area contributed by atoms with Crippen LogP contribution in [0.5, 0.6) is 17.2 Å². The van der Waals surface area contributed by atoms with Crippen molar-refractivity contribution in [2.75, 3.05) is 47.5 Å². The Kier molecular flexibility index (Phi) is 5.03. The molecule has 1 N–H and O–H groups in total. The molecule has 2 rings (SSSR count). The van der Waals surface area contributed by atoms with E-state index in [0.29, 0.717) is 23.6 Å². The molecule has 1 aromatic rings. The third-order valence-electron chi connectivity index (χ3n) is 3.48. The van der Waals surface area contributed by atoms with E-state index in [1.54, 1.807) is 0 Å². The Morgan fingerprint density at radius 2 is 1.75 bits per heavy atom. The lowest BCUT2D eigenvalue weighted by Gasteiger charge is -2.28. The maximum Gasteiger partial charge on any atom is 0.173 e. The number of piperazine rings is 1. The number of hydrogen-bond donors (Lipinski definition) is 1. The molecule has 1 aliphatic rings. The summed E-state index contributed by atoms with van der Waals surface area (Å²) in [6.07, 6.45) is 0. The number of methoxy groups -OCH3 is 3. The van der Waals surface area contributed by atoms with Gasteiger partial charge in [-0.2, -0.15) is 0 Å². The van der Waals surface area contributed by atoms with Crippen molar-refractivity contribution in [2.45, 2.75) is 6.54 Å². The zero-order chi connectivity index (χ0) is 14.5. The molecule has 1 heterocycles. The summed E-state index contributed by atoms with van der Waals surface area (Å²) in [6.45, 7) is 4.05. The van der Waals surface area contributed by atoms with E-state index in [1.165, 1.54) is 27.4 Å². The Morgan fingerprint density at radius 1 is 1.10 bits per heavy atom. The highest BCUT2D eigenvalue weighted by Gasteiger charge is 2.23. The van der Waals surface area contributed by atoms with Gasteiger partial charge < -0.3 is 19.5 Å². The predicted octanol–water partition coefficient (Wildman–Crippen LogP) is 1.26. The molecule has 1 aliphatic heterocycles. The van der Waals surface area contributed by atoms with Crippen molar-refractivity contribution in [3.05, 3.63) is 17.4 Å². The number of nitrogens with zero attached hydrogens (tertiary/aromatic N) is 1. The molecular weight excluding hydrogens is 263 g/mol. The molecule has 6 heteroatoms. The molecule has 0 aliphatic carbocycles. The van der Waals surface area contributed by atoms with Crippen molar-refractivity contribution < 1.29 is 18.6 Å². The number of nitrogens with one attached hydrogen (secondary N) is 1. The maximum absolute atomic E-state index is 14.5. The summed E-state index contributed by atoms with van der Waals surface area (Å²) >= 11 is 0. The second-order valence-corrected chi connectivity index (χ2v) is 4.63. The number of ether oxygens (including phenoxy) is 3. The van der Waals surface area contributed by atoms with E-state index in [0.717, 1.165) is 26.2 Å². The summed E-state index contributed by atoms with van der Waals surface area (Å²) in [5, 5.41) is 3.27. The standard InChI is InChI=1S/C14H21FN2O3/c1-18-11-8-12(19-2)14(20-3)10(13(11)15)9-17-6-4-16-5-7-17/h8,16H,4-7,9H2,1-3H3. The van der Waals surface area contributed by atoms with Crippen molar-refractivity contribution >= 4 is 0 Å². The maximum atomic E-state index is 14.5. The van der Waals surface area contributed by atoms with E-state index in [1.807, 2.05) is 0 Å². The summed E-state index contributed by atoms with van der Waals surface area (Å²) < 4.78 is 30.2. The van der Waals surface area contributed by atoms with Crippen LogP contribution in [0.25, 0.3) is 0 Å². The third kappa shape index (κ3) is 2.96. The quantitative estimate of drug-likeness (QED) is 0.881. The highest BCUT2D eigenvalue weighted by atomic mass is 19.1. The van der Waals surface area contributed by atoms with Gasteiger partial charge in [-0.05, 0) is 0 Å². The van der Waals surface area contributed by atoms with Gasteiger partial charge in [-0.25, -0.2) is 4.39 Å². The van der Waals surface area contributed by atoms with Crippen molar-refractivity contribution in [1.82, 2.24) is 10.2 Å². The van der Waals surface area contributed by atoms with Crippen LogP contribution in [0.15, 0.2) is 6.07 Å². The molecule has 0 spiro atoms. The molecule has 1 saturated heterocycles. The van der Waals surface area contributed by atoms with Gasteiger partial charge in [0.25, 0.3) is 0 Å². The fourth-order valence-electron chi connectivity index (χ4n) is 2.40. The third-order valence-corrected chi connectivity index (χ3v) is 3.48. The Balaban J connectivity index is 2.36. The Hall–Kier alpha value is -1.53. The molecule has 0 saturated carbocycles. The first-order chi connectivity index (χ1) is 9.71. The lowest BCUT2D eigenvalue weighted by atomic mass is 10.1. The van der Waals surface area contributed by atoms with E-state index >= 15 is 0 Å². The van der Waals surface area contributed by atoms with Gasteiger partial charge in [0.1, 0.15) is 0 Å². The molecule has 0 bridgehead atoms. The van der Waals surface area contributed by atoms with Crippen LogP contribution in [0.2, 0.25) is 0 Å². The minimum Gasteiger partial charge on any atom is -0.494 e. The van der Waals surface area contributed by atoms with Gasteiger partial charge in [-0.1, -0.05) is 0 Å². The molecule has 20 heavy (non-hydrogen) atoms. The lowest BCUT2D eigenvalue weighted by Crippen LogP contribution is -2.43. The van der Waals surface area contributed by atoms with Crippen LogP contribution in [0.4, 0.5) is 4.39 Å².